The molecule has 0 aliphatic heterocycles. The Labute approximate surface area is 94.8 Å². The van der Waals surface area contributed by atoms with Crippen molar-refractivity contribution in [2.45, 2.75) is 52.8 Å². The van der Waals surface area contributed by atoms with Gasteiger partial charge in [0.05, 0.1) is 0 Å². The molecule has 1 aliphatic rings. The van der Waals surface area contributed by atoms with Crippen LogP contribution in [0.1, 0.15) is 46.0 Å². The maximum absolute atomic E-state index is 2.44. The summed E-state index contributed by atoms with van der Waals surface area (Å²) in [5, 5.41) is 0. The SMILES string of the molecule is CBSCCC(C)CC1CCC(C)C1. The van der Waals surface area contributed by atoms with Crippen LogP contribution < -0.4 is 0 Å². The van der Waals surface area contributed by atoms with E-state index in [0.717, 1.165) is 17.8 Å². The zero-order valence-electron chi connectivity index (χ0n) is 10.1. The third-order valence-electron chi connectivity index (χ3n) is 3.50. The normalized spacial score (nSPS) is 29.1. The first-order chi connectivity index (χ1) is 6.72. The monoisotopic (exact) mass is 212 g/mol. The Morgan fingerprint density at radius 1 is 1.43 bits per heavy atom. The van der Waals surface area contributed by atoms with E-state index in [1.165, 1.54) is 44.4 Å². The Kier molecular flexibility index (Phi) is 6.08. The number of hydrogen-bond donors (Lipinski definition) is 0. The predicted molar refractivity (Wildman–Crippen MR) is 70.4 cm³/mol. The van der Waals surface area contributed by atoms with Crippen molar-refractivity contribution in [3.8, 4) is 0 Å². The van der Waals surface area contributed by atoms with Crippen LogP contribution in [-0.4, -0.2) is 12.3 Å². The Morgan fingerprint density at radius 2 is 2.21 bits per heavy atom. The van der Waals surface area contributed by atoms with Gasteiger partial charge in [-0.3, -0.25) is 0 Å². The topological polar surface area (TPSA) is 0 Å². The van der Waals surface area contributed by atoms with Crippen LogP contribution in [0, 0.1) is 17.8 Å². The summed E-state index contributed by atoms with van der Waals surface area (Å²) in [7, 11) is 0. The lowest BCUT2D eigenvalue weighted by atomic mass is 9.92. The molecule has 0 N–H and O–H groups in total. The summed E-state index contributed by atoms with van der Waals surface area (Å²) >= 11 is 2.09. The second kappa shape index (κ2) is 6.82. The molecule has 3 unspecified atom stereocenters. The molecule has 0 aromatic heterocycles. The van der Waals surface area contributed by atoms with Gasteiger partial charge in [-0.25, -0.2) is 11.6 Å². The van der Waals surface area contributed by atoms with Crippen molar-refractivity contribution in [2.75, 3.05) is 5.75 Å². The zero-order chi connectivity index (χ0) is 10.4. The maximum atomic E-state index is 2.44. The molecular formula is C12H25BS. The molecule has 0 amide bonds. The second-order valence-corrected chi connectivity index (χ2v) is 6.50. The van der Waals surface area contributed by atoms with Gasteiger partial charge in [0.25, 0.3) is 0 Å². The average molecular weight is 212 g/mol. The lowest BCUT2D eigenvalue weighted by molar-refractivity contribution is 0.383. The van der Waals surface area contributed by atoms with Crippen molar-refractivity contribution in [1.29, 1.82) is 0 Å². The van der Waals surface area contributed by atoms with E-state index in [2.05, 4.69) is 32.3 Å². The summed E-state index contributed by atoms with van der Waals surface area (Å²) in [5.74, 6) is 4.41. The molecule has 82 valence electrons. The van der Waals surface area contributed by atoms with Crippen LogP contribution in [-0.2, 0) is 0 Å². The van der Waals surface area contributed by atoms with E-state index in [0.29, 0.717) is 0 Å². The third-order valence-corrected chi connectivity index (χ3v) is 4.43. The summed E-state index contributed by atoms with van der Waals surface area (Å²) in [4.78, 5) is 0. The molecule has 0 aromatic rings. The molecule has 1 aliphatic carbocycles. The molecule has 0 heterocycles. The van der Waals surface area contributed by atoms with Crippen molar-refractivity contribution >= 4 is 18.2 Å². The van der Waals surface area contributed by atoms with Crippen molar-refractivity contribution in [1.82, 2.24) is 0 Å². The van der Waals surface area contributed by atoms with Crippen LogP contribution in [0.2, 0.25) is 6.82 Å². The predicted octanol–water partition coefficient (Wildman–Crippen LogP) is 3.97. The van der Waals surface area contributed by atoms with E-state index in [1.807, 2.05) is 0 Å². The van der Waals surface area contributed by atoms with Gasteiger partial charge in [0.1, 0.15) is 0 Å². The minimum absolute atomic E-state index is 0.962. The lowest BCUT2D eigenvalue weighted by Crippen LogP contribution is -2.04. The van der Waals surface area contributed by atoms with Gasteiger partial charge in [-0.15, -0.1) is 0 Å². The summed E-state index contributed by atoms with van der Waals surface area (Å²) < 4.78 is 0. The largest absolute Gasteiger partial charge is 0.215 e. The van der Waals surface area contributed by atoms with E-state index in [4.69, 9.17) is 0 Å². The fourth-order valence-corrected chi connectivity index (χ4v) is 3.51. The zero-order valence-corrected chi connectivity index (χ0v) is 10.9. The van der Waals surface area contributed by atoms with Gasteiger partial charge >= 0.3 is 0 Å². The average Bonchev–Trinajstić information content (AvgIpc) is 2.52. The first kappa shape index (κ1) is 12.5. The molecule has 1 rings (SSSR count). The fraction of sp³-hybridized carbons (Fsp3) is 1.00. The Morgan fingerprint density at radius 3 is 2.79 bits per heavy atom. The molecule has 14 heavy (non-hydrogen) atoms. The quantitative estimate of drug-likeness (QED) is 0.474. The van der Waals surface area contributed by atoms with E-state index >= 15 is 0 Å². The molecule has 2 heteroatoms. The summed E-state index contributed by atoms with van der Waals surface area (Å²) in [6, 6.07) is 0. The van der Waals surface area contributed by atoms with Gasteiger partial charge in [0.15, 0.2) is 6.56 Å². The van der Waals surface area contributed by atoms with Crippen LogP contribution >= 0.6 is 11.6 Å². The standard InChI is InChI=1S/C12H25BS/c1-10-4-5-12(8-10)9-11(2)6-7-14-13-3/h10-13H,4-9H2,1-3H3. The molecule has 0 bridgehead atoms. The Bertz CT molecular complexity index is 149. The van der Waals surface area contributed by atoms with Gasteiger partial charge in [-0.1, -0.05) is 33.5 Å². The molecule has 3 atom stereocenters. The van der Waals surface area contributed by atoms with Crippen molar-refractivity contribution in [2.24, 2.45) is 17.8 Å². The lowest BCUT2D eigenvalue weighted by Gasteiger charge is -2.16. The van der Waals surface area contributed by atoms with Crippen LogP contribution in [0.25, 0.3) is 0 Å². The van der Waals surface area contributed by atoms with E-state index in [9.17, 15) is 0 Å². The number of hydrogen-bond acceptors (Lipinski definition) is 1. The highest BCUT2D eigenvalue weighted by atomic mass is 32.2. The van der Waals surface area contributed by atoms with Crippen molar-refractivity contribution in [3.63, 3.8) is 0 Å². The smallest absolute Gasteiger partial charge is 0.188 e. The molecule has 0 spiro atoms. The highest BCUT2D eigenvalue weighted by Crippen LogP contribution is 2.35. The van der Waals surface area contributed by atoms with Crippen LogP contribution in [0.3, 0.4) is 0 Å². The summed E-state index contributed by atoms with van der Waals surface area (Å²) in [6.45, 7) is 8.40. The first-order valence-electron chi connectivity index (χ1n) is 6.30. The maximum Gasteiger partial charge on any atom is 0.188 e. The van der Waals surface area contributed by atoms with Gasteiger partial charge in [0, 0.05) is 0 Å². The number of rotatable bonds is 6. The molecule has 0 aromatic carbocycles. The Hall–Kier alpha value is 0.415. The van der Waals surface area contributed by atoms with E-state index in [-0.39, 0.29) is 0 Å². The minimum Gasteiger partial charge on any atom is -0.215 e. The highest BCUT2D eigenvalue weighted by Gasteiger charge is 2.22. The molecule has 1 fully saturated rings. The molecule has 0 saturated heterocycles. The molecular weight excluding hydrogens is 187 g/mol. The van der Waals surface area contributed by atoms with E-state index in [1.54, 1.807) is 0 Å². The van der Waals surface area contributed by atoms with Crippen LogP contribution in [0.5, 0.6) is 0 Å². The van der Waals surface area contributed by atoms with Gasteiger partial charge < -0.3 is 0 Å². The van der Waals surface area contributed by atoms with Gasteiger partial charge in [0.2, 0.25) is 0 Å². The first-order valence-corrected chi connectivity index (χ1v) is 7.45. The molecule has 1 saturated carbocycles. The highest BCUT2D eigenvalue weighted by molar-refractivity contribution is 8.22. The fourth-order valence-electron chi connectivity index (χ4n) is 2.65. The summed E-state index contributed by atoms with van der Waals surface area (Å²) in [6.07, 6.45) is 7.43. The van der Waals surface area contributed by atoms with Crippen LogP contribution in [0.15, 0.2) is 0 Å². The minimum atomic E-state index is 0.962. The van der Waals surface area contributed by atoms with Gasteiger partial charge in [-0.2, -0.15) is 0 Å². The molecule has 0 radical (unpaired) electrons. The Balaban J connectivity index is 2.05. The second-order valence-electron chi connectivity index (χ2n) is 5.11. The van der Waals surface area contributed by atoms with Crippen LogP contribution in [0.4, 0.5) is 0 Å². The van der Waals surface area contributed by atoms with Crippen molar-refractivity contribution in [3.05, 3.63) is 0 Å². The molecule has 0 nitrogen and oxygen atoms in total. The van der Waals surface area contributed by atoms with Crippen molar-refractivity contribution < 1.29 is 0 Å². The van der Waals surface area contributed by atoms with E-state index < -0.39 is 0 Å². The van der Waals surface area contributed by atoms with Gasteiger partial charge in [-0.05, 0) is 42.8 Å². The third kappa shape index (κ3) is 4.77. The summed E-state index contributed by atoms with van der Waals surface area (Å²) in [5.41, 5.74) is 0.